The van der Waals surface area contributed by atoms with Crippen molar-refractivity contribution in [2.45, 2.75) is 0 Å². The van der Waals surface area contributed by atoms with Gasteiger partial charge in [-0.05, 0) is 23.3 Å². The zero-order valence-electron chi connectivity index (χ0n) is 14.7. The molecule has 0 saturated heterocycles. The number of benzene rings is 3. The van der Waals surface area contributed by atoms with E-state index in [4.69, 9.17) is 0 Å². The van der Waals surface area contributed by atoms with Gasteiger partial charge in [-0.2, -0.15) is 0 Å². The van der Waals surface area contributed by atoms with Crippen LogP contribution in [-0.2, 0) is 0 Å². The minimum absolute atomic E-state index is 0.0247. The third-order valence-corrected chi connectivity index (χ3v) is 4.95. The average Bonchev–Trinajstić information content (AvgIpc) is 3.22. The molecular weight excluding hydrogens is 373 g/mol. The molecule has 138 valence electrons. The van der Waals surface area contributed by atoms with Crippen LogP contribution < -0.4 is 10.9 Å². The lowest BCUT2D eigenvalue weighted by Crippen LogP contribution is -2.29. The van der Waals surface area contributed by atoms with Crippen LogP contribution in [0.25, 0.3) is 22.4 Å². The van der Waals surface area contributed by atoms with Crippen molar-refractivity contribution in [3.05, 3.63) is 95.6 Å². The second-order valence-electron chi connectivity index (χ2n) is 6.04. The van der Waals surface area contributed by atoms with E-state index in [9.17, 15) is 9.18 Å². The van der Waals surface area contributed by atoms with Crippen molar-refractivity contribution in [1.82, 2.24) is 10.4 Å². The quantitative estimate of drug-likeness (QED) is 0.451. The van der Waals surface area contributed by atoms with Gasteiger partial charge in [-0.3, -0.25) is 15.6 Å². The van der Waals surface area contributed by atoms with Crippen LogP contribution in [0, 0.1) is 5.82 Å². The number of hydrogen-bond donors (Lipinski definition) is 2. The fraction of sp³-hybridized carbons (Fsp3) is 0. The average molecular weight is 389 g/mol. The van der Waals surface area contributed by atoms with Gasteiger partial charge in [-0.1, -0.05) is 66.7 Å². The molecule has 2 N–H and O–H groups in total. The molecule has 0 saturated carbocycles. The molecule has 0 fully saturated rings. The number of carbonyl (C=O) groups excluding carboxylic acids is 1. The SMILES string of the molecule is O=C(NNc1nc(-c2ccc(-c3ccccc3)cc2)cs1)c1ccccc1F. The molecule has 0 atom stereocenters. The Balaban J connectivity index is 1.43. The maximum Gasteiger partial charge on any atom is 0.272 e. The van der Waals surface area contributed by atoms with Gasteiger partial charge in [0.05, 0.1) is 11.3 Å². The fourth-order valence-corrected chi connectivity index (χ4v) is 3.42. The van der Waals surface area contributed by atoms with Gasteiger partial charge in [0.15, 0.2) is 0 Å². The lowest BCUT2D eigenvalue weighted by molar-refractivity contribution is 0.0958. The Morgan fingerprint density at radius 3 is 2.21 bits per heavy atom. The van der Waals surface area contributed by atoms with Crippen LogP contribution in [-0.4, -0.2) is 10.9 Å². The molecule has 0 bridgehead atoms. The zero-order valence-corrected chi connectivity index (χ0v) is 15.5. The van der Waals surface area contributed by atoms with Crippen LogP contribution in [0.1, 0.15) is 10.4 Å². The number of hydrogen-bond acceptors (Lipinski definition) is 4. The van der Waals surface area contributed by atoms with E-state index in [0.29, 0.717) is 5.13 Å². The first kappa shape index (κ1) is 17.9. The van der Waals surface area contributed by atoms with Crippen molar-refractivity contribution in [2.75, 3.05) is 5.43 Å². The predicted molar refractivity (Wildman–Crippen MR) is 110 cm³/mol. The van der Waals surface area contributed by atoms with E-state index in [2.05, 4.69) is 40.1 Å². The van der Waals surface area contributed by atoms with Gasteiger partial charge in [0, 0.05) is 10.9 Å². The van der Waals surface area contributed by atoms with Crippen molar-refractivity contribution >= 4 is 22.4 Å². The van der Waals surface area contributed by atoms with Crippen LogP contribution in [0.4, 0.5) is 9.52 Å². The number of aromatic nitrogens is 1. The number of amides is 1. The lowest BCUT2D eigenvalue weighted by atomic mass is 10.0. The molecule has 4 aromatic rings. The molecule has 4 rings (SSSR count). The van der Waals surface area contributed by atoms with E-state index in [1.807, 2.05) is 35.7 Å². The van der Waals surface area contributed by atoms with E-state index in [1.165, 1.54) is 29.5 Å². The summed E-state index contributed by atoms with van der Waals surface area (Å²) in [5.41, 5.74) is 9.25. The molecule has 0 aliphatic heterocycles. The summed E-state index contributed by atoms with van der Waals surface area (Å²) in [5.74, 6) is -1.12. The fourth-order valence-electron chi connectivity index (χ4n) is 2.75. The van der Waals surface area contributed by atoms with Crippen molar-refractivity contribution in [1.29, 1.82) is 0 Å². The maximum absolute atomic E-state index is 13.6. The molecule has 0 unspecified atom stereocenters. The summed E-state index contributed by atoms with van der Waals surface area (Å²) in [6.45, 7) is 0. The molecule has 0 aliphatic carbocycles. The van der Waals surface area contributed by atoms with Gasteiger partial charge in [0.1, 0.15) is 5.82 Å². The Morgan fingerprint density at radius 1 is 0.821 bits per heavy atom. The molecule has 1 heterocycles. The molecule has 0 radical (unpaired) electrons. The number of rotatable bonds is 5. The normalized spacial score (nSPS) is 10.5. The van der Waals surface area contributed by atoms with E-state index >= 15 is 0 Å². The highest BCUT2D eigenvalue weighted by Gasteiger charge is 2.11. The Bertz CT molecular complexity index is 1090. The summed E-state index contributed by atoms with van der Waals surface area (Å²) >= 11 is 1.36. The maximum atomic E-state index is 13.6. The first-order chi connectivity index (χ1) is 13.7. The molecule has 28 heavy (non-hydrogen) atoms. The summed E-state index contributed by atoms with van der Waals surface area (Å²) in [7, 11) is 0. The summed E-state index contributed by atoms with van der Waals surface area (Å²) in [6.07, 6.45) is 0. The Hall–Kier alpha value is -3.51. The van der Waals surface area contributed by atoms with Crippen molar-refractivity contribution < 1.29 is 9.18 Å². The highest BCUT2D eigenvalue weighted by Crippen LogP contribution is 2.27. The minimum Gasteiger partial charge on any atom is -0.273 e. The molecule has 0 aliphatic rings. The van der Waals surface area contributed by atoms with Crippen LogP contribution in [0.2, 0.25) is 0 Å². The van der Waals surface area contributed by atoms with Gasteiger partial charge < -0.3 is 0 Å². The van der Waals surface area contributed by atoms with Crippen molar-refractivity contribution in [2.24, 2.45) is 0 Å². The summed E-state index contributed by atoms with van der Waals surface area (Å²) in [6, 6.07) is 24.1. The van der Waals surface area contributed by atoms with Gasteiger partial charge >= 0.3 is 0 Å². The third kappa shape index (κ3) is 3.92. The highest BCUT2D eigenvalue weighted by molar-refractivity contribution is 7.14. The summed E-state index contributed by atoms with van der Waals surface area (Å²) in [4.78, 5) is 16.5. The largest absolute Gasteiger partial charge is 0.273 e. The molecule has 6 heteroatoms. The minimum atomic E-state index is -0.569. The third-order valence-electron chi connectivity index (χ3n) is 4.19. The first-order valence-corrected chi connectivity index (χ1v) is 9.51. The van der Waals surface area contributed by atoms with Gasteiger partial charge in [-0.15, -0.1) is 11.3 Å². The van der Waals surface area contributed by atoms with Gasteiger partial charge in [0.2, 0.25) is 5.13 Å². The molecular formula is C22H16FN3OS. The van der Waals surface area contributed by atoms with E-state index in [1.54, 1.807) is 6.07 Å². The molecule has 3 aromatic carbocycles. The molecule has 4 nitrogen and oxygen atoms in total. The number of carbonyl (C=O) groups is 1. The highest BCUT2D eigenvalue weighted by atomic mass is 32.1. The number of anilines is 1. The topological polar surface area (TPSA) is 54.0 Å². The Labute approximate surface area is 165 Å². The van der Waals surface area contributed by atoms with E-state index < -0.39 is 11.7 Å². The van der Waals surface area contributed by atoms with Crippen LogP contribution >= 0.6 is 11.3 Å². The second-order valence-corrected chi connectivity index (χ2v) is 6.90. The predicted octanol–water partition coefficient (Wildman–Crippen LogP) is 5.37. The number of thiazole rings is 1. The van der Waals surface area contributed by atoms with E-state index in [0.717, 1.165) is 22.4 Å². The smallest absolute Gasteiger partial charge is 0.272 e. The lowest BCUT2D eigenvalue weighted by Gasteiger charge is -2.06. The molecule has 0 spiro atoms. The summed E-state index contributed by atoms with van der Waals surface area (Å²) in [5, 5.41) is 2.42. The molecule has 1 aromatic heterocycles. The number of hydrazine groups is 1. The standard InChI is InChI=1S/C22H16FN3OS/c23-19-9-5-4-8-18(19)21(27)25-26-22-24-20(14-28-22)17-12-10-16(11-13-17)15-6-2-1-3-7-15/h1-14H,(H,24,26)(H,25,27). The van der Waals surface area contributed by atoms with E-state index in [-0.39, 0.29) is 5.56 Å². The number of halogens is 1. The van der Waals surface area contributed by atoms with Crippen molar-refractivity contribution in [3.63, 3.8) is 0 Å². The van der Waals surface area contributed by atoms with Gasteiger partial charge in [-0.25, -0.2) is 9.37 Å². The molecule has 1 amide bonds. The Kier molecular flexibility index (Phi) is 5.12. The van der Waals surface area contributed by atoms with Crippen LogP contribution in [0.5, 0.6) is 0 Å². The first-order valence-electron chi connectivity index (χ1n) is 8.63. The Morgan fingerprint density at radius 2 is 1.46 bits per heavy atom. The number of nitrogens with zero attached hydrogens (tertiary/aromatic N) is 1. The second kappa shape index (κ2) is 8.02. The van der Waals surface area contributed by atoms with Crippen LogP contribution in [0.15, 0.2) is 84.2 Å². The zero-order chi connectivity index (χ0) is 19.3. The monoisotopic (exact) mass is 389 g/mol. The van der Waals surface area contributed by atoms with Crippen LogP contribution in [0.3, 0.4) is 0 Å². The number of nitrogens with one attached hydrogen (secondary N) is 2. The summed E-state index contributed by atoms with van der Waals surface area (Å²) < 4.78 is 13.6. The van der Waals surface area contributed by atoms with Crippen molar-refractivity contribution in [3.8, 4) is 22.4 Å². The van der Waals surface area contributed by atoms with Gasteiger partial charge in [0.25, 0.3) is 5.91 Å².